The number of nitrogens with zero attached hydrogens (tertiary/aromatic N) is 2. The highest BCUT2D eigenvalue weighted by atomic mass is 16.5. The molecule has 0 bridgehead atoms. The number of amides is 1. The number of aliphatic hydroxyl groups is 1. The molecule has 0 saturated carbocycles. The van der Waals surface area contributed by atoms with Gasteiger partial charge < -0.3 is 29.5 Å². The first-order chi connectivity index (χ1) is 16.3. The third kappa shape index (κ3) is 5.34. The molecule has 0 aromatic heterocycles. The van der Waals surface area contributed by atoms with Gasteiger partial charge in [0.2, 0.25) is 0 Å². The normalized spacial score (nSPS) is 17.4. The smallest absolute Gasteiger partial charge is 0.295 e. The number of ether oxygens (including phenoxy) is 2. The molecular weight excluding hydrogens is 436 g/mol. The molecule has 2 aromatic carbocycles. The van der Waals surface area contributed by atoms with Gasteiger partial charge in [-0.15, -0.1) is 0 Å². The van der Waals surface area contributed by atoms with Gasteiger partial charge in [-0.05, 0) is 62.5 Å². The number of ketones is 1. The van der Waals surface area contributed by atoms with E-state index in [1.807, 2.05) is 19.0 Å². The topological polar surface area (TPSA) is 99.5 Å². The number of hydrogen-bond acceptors (Lipinski definition) is 7. The predicted octanol–water partition coefficient (Wildman–Crippen LogP) is 3.56. The maximum absolute atomic E-state index is 13.1. The van der Waals surface area contributed by atoms with Crippen LogP contribution in [0.4, 0.5) is 0 Å². The highest BCUT2D eigenvalue weighted by molar-refractivity contribution is 6.46. The number of hydrogen-bond donors (Lipinski definition) is 2. The van der Waals surface area contributed by atoms with Gasteiger partial charge in [0.15, 0.2) is 11.5 Å². The second-order valence-electron chi connectivity index (χ2n) is 8.45. The van der Waals surface area contributed by atoms with Crippen LogP contribution in [-0.4, -0.2) is 72.6 Å². The summed E-state index contributed by atoms with van der Waals surface area (Å²) in [6, 6.07) is 10.6. The van der Waals surface area contributed by atoms with Crippen molar-refractivity contribution in [3.05, 3.63) is 59.2 Å². The molecule has 2 aromatic rings. The number of phenols is 1. The van der Waals surface area contributed by atoms with E-state index < -0.39 is 17.7 Å². The van der Waals surface area contributed by atoms with E-state index in [1.165, 1.54) is 18.1 Å². The van der Waals surface area contributed by atoms with Crippen LogP contribution in [0.1, 0.15) is 36.9 Å². The number of aliphatic hydroxyl groups excluding tert-OH is 1. The summed E-state index contributed by atoms with van der Waals surface area (Å²) < 4.78 is 10.9. The van der Waals surface area contributed by atoms with Crippen molar-refractivity contribution < 1.29 is 29.3 Å². The van der Waals surface area contributed by atoms with Gasteiger partial charge in [-0.3, -0.25) is 9.59 Å². The predicted molar refractivity (Wildman–Crippen MR) is 129 cm³/mol. The van der Waals surface area contributed by atoms with Crippen LogP contribution in [0.3, 0.4) is 0 Å². The second kappa shape index (κ2) is 11.1. The van der Waals surface area contributed by atoms with Gasteiger partial charge in [0.25, 0.3) is 11.7 Å². The van der Waals surface area contributed by atoms with Crippen LogP contribution in [0, 0.1) is 0 Å². The Kier molecular flexibility index (Phi) is 8.17. The van der Waals surface area contributed by atoms with Crippen LogP contribution in [0.5, 0.6) is 17.2 Å². The number of benzene rings is 2. The van der Waals surface area contributed by atoms with Gasteiger partial charge in [0.1, 0.15) is 11.5 Å². The summed E-state index contributed by atoms with van der Waals surface area (Å²) in [5.74, 6) is -0.880. The summed E-state index contributed by atoms with van der Waals surface area (Å²) in [7, 11) is 5.17. The van der Waals surface area contributed by atoms with Gasteiger partial charge >= 0.3 is 0 Å². The summed E-state index contributed by atoms with van der Waals surface area (Å²) >= 11 is 0. The fraction of sp³-hybridized carbons (Fsp3) is 0.385. The first-order valence-electron chi connectivity index (χ1n) is 11.3. The van der Waals surface area contributed by atoms with E-state index in [0.29, 0.717) is 30.0 Å². The third-order valence-corrected chi connectivity index (χ3v) is 5.74. The minimum atomic E-state index is -0.824. The van der Waals surface area contributed by atoms with Crippen LogP contribution in [0.15, 0.2) is 48.0 Å². The van der Waals surface area contributed by atoms with Crippen molar-refractivity contribution in [1.82, 2.24) is 9.80 Å². The largest absolute Gasteiger partial charge is 0.507 e. The number of phenolic OH excluding ortho intramolecular Hbond substituents is 1. The average Bonchev–Trinajstić information content (AvgIpc) is 3.08. The van der Waals surface area contributed by atoms with Crippen LogP contribution < -0.4 is 9.47 Å². The van der Waals surface area contributed by atoms with E-state index in [2.05, 4.69) is 6.92 Å². The summed E-state index contributed by atoms with van der Waals surface area (Å²) in [6.07, 6.45) is 1.96. The molecule has 8 heteroatoms. The van der Waals surface area contributed by atoms with Crippen LogP contribution in [0.25, 0.3) is 5.76 Å². The van der Waals surface area contributed by atoms with Crippen molar-refractivity contribution in [2.24, 2.45) is 0 Å². The fourth-order valence-corrected chi connectivity index (χ4v) is 3.83. The van der Waals surface area contributed by atoms with Crippen LogP contribution >= 0.6 is 0 Å². The van der Waals surface area contributed by atoms with Crippen molar-refractivity contribution in [3.63, 3.8) is 0 Å². The van der Waals surface area contributed by atoms with Crippen molar-refractivity contribution in [2.75, 3.05) is 40.9 Å². The molecule has 8 nitrogen and oxygen atoms in total. The van der Waals surface area contributed by atoms with E-state index in [9.17, 15) is 19.8 Å². The van der Waals surface area contributed by atoms with E-state index in [1.54, 1.807) is 36.4 Å². The second-order valence-corrected chi connectivity index (χ2v) is 8.45. The number of carbonyl (C=O) groups excluding carboxylic acids is 2. The zero-order chi connectivity index (χ0) is 24.8. The Morgan fingerprint density at radius 2 is 1.82 bits per heavy atom. The highest BCUT2D eigenvalue weighted by Crippen LogP contribution is 2.41. The van der Waals surface area contributed by atoms with E-state index in [4.69, 9.17) is 9.47 Å². The molecule has 1 amide bonds. The van der Waals surface area contributed by atoms with Crippen LogP contribution in [0.2, 0.25) is 0 Å². The maximum Gasteiger partial charge on any atom is 0.295 e. The first kappa shape index (κ1) is 25.1. The zero-order valence-corrected chi connectivity index (χ0v) is 20.1. The van der Waals surface area contributed by atoms with Gasteiger partial charge in [-0.2, -0.15) is 0 Å². The molecule has 1 aliphatic rings. The Balaban J connectivity index is 2.05. The van der Waals surface area contributed by atoms with Gasteiger partial charge in [-0.1, -0.05) is 19.4 Å². The molecule has 0 spiro atoms. The van der Waals surface area contributed by atoms with Gasteiger partial charge in [0.05, 0.1) is 25.3 Å². The minimum Gasteiger partial charge on any atom is -0.507 e. The molecule has 182 valence electrons. The fourth-order valence-electron chi connectivity index (χ4n) is 3.83. The third-order valence-electron chi connectivity index (χ3n) is 5.74. The molecule has 0 radical (unpaired) electrons. The molecule has 1 heterocycles. The number of likely N-dealkylation sites (N-methyl/N-ethyl adjacent to an activating group) is 1. The number of Topliss-reactive ketones (excluding diaryl/α,β-unsaturated/α-hetero) is 1. The molecule has 3 rings (SSSR count). The van der Waals surface area contributed by atoms with E-state index in [0.717, 1.165) is 12.8 Å². The zero-order valence-electron chi connectivity index (χ0n) is 20.1. The monoisotopic (exact) mass is 468 g/mol. The number of rotatable bonds is 10. The lowest BCUT2D eigenvalue weighted by Gasteiger charge is -2.27. The number of carbonyl (C=O) groups is 2. The Bertz CT molecular complexity index is 1060. The summed E-state index contributed by atoms with van der Waals surface area (Å²) in [4.78, 5) is 29.4. The number of likely N-dealkylation sites (tertiary alicyclic amines) is 1. The SMILES string of the molecule is CCCCOc1ccc(/C(O)=C2\C(=O)C(=O)N(CCN(C)C)C2c2ccc(O)c(OC)c2)cc1. The summed E-state index contributed by atoms with van der Waals surface area (Å²) in [5, 5.41) is 21.2. The van der Waals surface area contributed by atoms with Crippen molar-refractivity contribution >= 4 is 17.4 Å². The molecule has 1 saturated heterocycles. The molecule has 1 aliphatic heterocycles. The van der Waals surface area contributed by atoms with E-state index >= 15 is 0 Å². The van der Waals surface area contributed by atoms with Crippen molar-refractivity contribution in [1.29, 1.82) is 0 Å². The molecule has 1 fully saturated rings. The van der Waals surface area contributed by atoms with Gasteiger partial charge in [-0.25, -0.2) is 0 Å². The maximum atomic E-state index is 13.1. The van der Waals surface area contributed by atoms with Gasteiger partial charge in [0, 0.05) is 18.7 Å². The lowest BCUT2D eigenvalue weighted by atomic mass is 9.95. The molecule has 1 unspecified atom stereocenters. The number of methoxy groups -OCH3 is 1. The van der Waals surface area contributed by atoms with Crippen LogP contribution in [-0.2, 0) is 9.59 Å². The van der Waals surface area contributed by atoms with E-state index in [-0.39, 0.29) is 29.4 Å². The summed E-state index contributed by atoms with van der Waals surface area (Å²) in [5.41, 5.74) is 0.953. The molecule has 2 N–H and O–H groups in total. The highest BCUT2D eigenvalue weighted by Gasteiger charge is 2.46. The summed E-state index contributed by atoms with van der Waals surface area (Å²) in [6.45, 7) is 3.50. The quantitative estimate of drug-likeness (QED) is 0.238. The lowest BCUT2D eigenvalue weighted by molar-refractivity contribution is -0.140. The van der Waals surface area contributed by atoms with Crippen molar-refractivity contribution in [2.45, 2.75) is 25.8 Å². The standard InChI is InChI=1S/C26H32N2O6/c1-5-6-15-34-19-10-7-17(8-11-19)24(30)22-23(18-9-12-20(29)21(16-18)33-4)28(14-13-27(2)3)26(32)25(22)31/h7-12,16,23,29-30H,5-6,13-15H2,1-4H3/b24-22+. The Morgan fingerprint density at radius 1 is 1.12 bits per heavy atom. The van der Waals surface area contributed by atoms with Crippen molar-refractivity contribution in [3.8, 4) is 17.2 Å². The number of unbranched alkanes of at least 4 members (excludes halogenated alkanes) is 1. The Hall–Kier alpha value is -3.52. The molecule has 0 aliphatic carbocycles. The molecule has 1 atom stereocenters. The molecule has 34 heavy (non-hydrogen) atoms. The Morgan fingerprint density at radius 3 is 2.44 bits per heavy atom. The minimum absolute atomic E-state index is 0.00356. The molecular formula is C26H32N2O6. The lowest BCUT2D eigenvalue weighted by Crippen LogP contribution is -2.35. The first-order valence-corrected chi connectivity index (χ1v) is 11.3. The number of aromatic hydroxyl groups is 1. The Labute approximate surface area is 200 Å². The average molecular weight is 469 g/mol.